The molecule has 1 aromatic carbocycles. The molecule has 0 radical (unpaired) electrons. The number of benzene rings is 1. The summed E-state index contributed by atoms with van der Waals surface area (Å²) >= 11 is 3.12. The van der Waals surface area contributed by atoms with E-state index >= 15 is 0 Å². The second-order valence-electron chi connectivity index (χ2n) is 4.78. The molecule has 1 rings (SSSR count). The molecule has 1 unspecified atom stereocenters. The lowest BCUT2D eigenvalue weighted by atomic mass is 10.1. The van der Waals surface area contributed by atoms with Crippen LogP contribution in [-0.2, 0) is 0 Å². The van der Waals surface area contributed by atoms with Gasteiger partial charge in [0.1, 0.15) is 0 Å². The Hall–Kier alpha value is -1.43. The third-order valence-corrected chi connectivity index (χ3v) is 3.96. The number of hydrogen-bond donors (Lipinski definition) is 0. The first kappa shape index (κ1) is 16.6. The van der Waals surface area contributed by atoms with E-state index in [-0.39, 0.29) is 11.6 Å². The Labute approximate surface area is 127 Å². The Balaban J connectivity index is 3.01. The number of nitro groups is 1. The molecule has 0 bridgehead atoms. The van der Waals surface area contributed by atoms with Gasteiger partial charge in [-0.25, -0.2) is 0 Å². The summed E-state index contributed by atoms with van der Waals surface area (Å²) in [6, 6.07) is 4.48. The summed E-state index contributed by atoms with van der Waals surface area (Å²) in [5.41, 5.74) is 0.264. The average Bonchev–Trinajstić information content (AvgIpc) is 2.43. The van der Waals surface area contributed by atoms with E-state index in [4.69, 9.17) is 0 Å². The molecule has 0 aliphatic rings. The maximum Gasteiger partial charge on any atom is 0.284 e. The number of carbonyl (C=O) groups excluding carboxylic acids is 1. The van der Waals surface area contributed by atoms with Crippen LogP contribution in [0.15, 0.2) is 22.7 Å². The van der Waals surface area contributed by atoms with Crippen LogP contribution in [0.1, 0.15) is 37.6 Å². The highest BCUT2D eigenvalue weighted by molar-refractivity contribution is 9.10. The zero-order valence-electron chi connectivity index (χ0n) is 11.9. The smallest absolute Gasteiger partial charge is 0.284 e. The standard InChI is InChI=1S/C14H19BrN2O3/c1-4-10(3)9-16(5-2)14(18)11-6-7-12(15)13(8-11)17(19)20/h6-8,10H,4-5,9H2,1-3H3. The van der Waals surface area contributed by atoms with Gasteiger partial charge < -0.3 is 4.90 Å². The molecule has 110 valence electrons. The van der Waals surface area contributed by atoms with Crippen molar-refractivity contribution in [2.45, 2.75) is 27.2 Å². The topological polar surface area (TPSA) is 63.5 Å². The van der Waals surface area contributed by atoms with Crippen molar-refractivity contribution in [2.75, 3.05) is 13.1 Å². The SMILES string of the molecule is CCC(C)CN(CC)C(=O)c1ccc(Br)c([N+](=O)[O-])c1. The van der Waals surface area contributed by atoms with Crippen molar-refractivity contribution in [3.63, 3.8) is 0 Å². The van der Waals surface area contributed by atoms with Crippen LogP contribution < -0.4 is 0 Å². The van der Waals surface area contributed by atoms with E-state index in [1.54, 1.807) is 17.0 Å². The molecular weight excluding hydrogens is 324 g/mol. The van der Waals surface area contributed by atoms with Crippen molar-refractivity contribution in [2.24, 2.45) is 5.92 Å². The van der Waals surface area contributed by atoms with E-state index in [1.165, 1.54) is 6.07 Å². The van der Waals surface area contributed by atoms with Crippen LogP contribution in [0.25, 0.3) is 0 Å². The Kier molecular flexibility index (Phi) is 6.13. The largest absolute Gasteiger partial charge is 0.339 e. The van der Waals surface area contributed by atoms with Crippen molar-refractivity contribution in [1.29, 1.82) is 0 Å². The van der Waals surface area contributed by atoms with Gasteiger partial charge in [-0.2, -0.15) is 0 Å². The van der Waals surface area contributed by atoms with Crippen molar-refractivity contribution in [3.05, 3.63) is 38.3 Å². The molecule has 0 fully saturated rings. The molecule has 5 nitrogen and oxygen atoms in total. The number of halogens is 1. The fourth-order valence-electron chi connectivity index (χ4n) is 1.83. The lowest BCUT2D eigenvalue weighted by molar-refractivity contribution is -0.385. The van der Waals surface area contributed by atoms with Crippen molar-refractivity contribution in [1.82, 2.24) is 4.90 Å². The molecule has 0 aliphatic heterocycles. The molecular formula is C14H19BrN2O3. The summed E-state index contributed by atoms with van der Waals surface area (Å²) in [5.74, 6) is 0.243. The van der Waals surface area contributed by atoms with E-state index in [0.717, 1.165) is 6.42 Å². The summed E-state index contributed by atoms with van der Waals surface area (Å²) in [7, 11) is 0. The number of amides is 1. The van der Waals surface area contributed by atoms with Gasteiger partial charge in [0.2, 0.25) is 0 Å². The van der Waals surface area contributed by atoms with Gasteiger partial charge in [0, 0.05) is 24.7 Å². The minimum absolute atomic E-state index is 0.0876. The van der Waals surface area contributed by atoms with Crippen LogP contribution in [0.4, 0.5) is 5.69 Å². The first-order chi connectivity index (χ1) is 9.40. The van der Waals surface area contributed by atoms with Crippen LogP contribution in [-0.4, -0.2) is 28.8 Å². The minimum Gasteiger partial charge on any atom is -0.339 e. The Morgan fingerprint density at radius 1 is 1.45 bits per heavy atom. The predicted molar refractivity (Wildman–Crippen MR) is 81.8 cm³/mol. The lowest BCUT2D eigenvalue weighted by Crippen LogP contribution is -2.34. The molecule has 20 heavy (non-hydrogen) atoms. The number of carbonyl (C=O) groups is 1. The number of nitrogens with zero attached hydrogens (tertiary/aromatic N) is 2. The Morgan fingerprint density at radius 3 is 2.60 bits per heavy atom. The summed E-state index contributed by atoms with van der Waals surface area (Å²) in [6.07, 6.45) is 0.990. The number of nitro benzene ring substituents is 1. The second kappa shape index (κ2) is 7.38. The molecule has 1 amide bonds. The Morgan fingerprint density at radius 2 is 2.10 bits per heavy atom. The zero-order chi connectivity index (χ0) is 15.3. The number of hydrogen-bond acceptors (Lipinski definition) is 3. The van der Waals surface area contributed by atoms with Crippen LogP contribution in [0.5, 0.6) is 0 Å². The van der Waals surface area contributed by atoms with Crippen LogP contribution in [0.2, 0.25) is 0 Å². The molecule has 1 aromatic rings. The molecule has 0 saturated heterocycles. The molecule has 0 saturated carbocycles. The predicted octanol–water partition coefficient (Wildman–Crippen LogP) is 3.87. The van der Waals surface area contributed by atoms with Gasteiger partial charge in [-0.1, -0.05) is 20.3 Å². The van der Waals surface area contributed by atoms with E-state index in [9.17, 15) is 14.9 Å². The monoisotopic (exact) mass is 342 g/mol. The fourth-order valence-corrected chi connectivity index (χ4v) is 2.22. The number of rotatable bonds is 6. The van der Waals surface area contributed by atoms with Crippen LogP contribution in [0.3, 0.4) is 0 Å². The van der Waals surface area contributed by atoms with E-state index in [2.05, 4.69) is 29.8 Å². The second-order valence-corrected chi connectivity index (χ2v) is 5.63. The van der Waals surface area contributed by atoms with Gasteiger partial charge in [-0.3, -0.25) is 14.9 Å². The highest BCUT2D eigenvalue weighted by Gasteiger charge is 2.20. The molecule has 0 aromatic heterocycles. The summed E-state index contributed by atoms with van der Waals surface area (Å²) in [4.78, 5) is 24.5. The molecule has 0 spiro atoms. The van der Waals surface area contributed by atoms with Gasteiger partial charge in [-0.15, -0.1) is 0 Å². The summed E-state index contributed by atoms with van der Waals surface area (Å²) < 4.78 is 0.379. The van der Waals surface area contributed by atoms with Crippen LogP contribution in [0, 0.1) is 16.0 Å². The summed E-state index contributed by atoms with van der Waals surface area (Å²) in [6.45, 7) is 7.32. The Bertz CT molecular complexity index is 505. The first-order valence-electron chi connectivity index (χ1n) is 6.63. The normalized spacial score (nSPS) is 12.0. The average molecular weight is 343 g/mol. The van der Waals surface area contributed by atoms with E-state index in [1.807, 2.05) is 6.92 Å². The van der Waals surface area contributed by atoms with Gasteiger partial charge >= 0.3 is 0 Å². The summed E-state index contributed by atoms with van der Waals surface area (Å²) in [5, 5.41) is 10.9. The van der Waals surface area contributed by atoms with Gasteiger partial charge in [0.15, 0.2) is 0 Å². The van der Waals surface area contributed by atoms with E-state index < -0.39 is 4.92 Å². The van der Waals surface area contributed by atoms with E-state index in [0.29, 0.717) is 29.0 Å². The van der Waals surface area contributed by atoms with Gasteiger partial charge in [0.05, 0.1) is 9.40 Å². The highest BCUT2D eigenvalue weighted by Crippen LogP contribution is 2.26. The molecule has 0 heterocycles. The van der Waals surface area contributed by atoms with Crippen molar-refractivity contribution < 1.29 is 9.72 Å². The van der Waals surface area contributed by atoms with Crippen molar-refractivity contribution >= 4 is 27.5 Å². The molecule has 0 N–H and O–H groups in total. The minimum atomic E-state index is -0.494. The first-order valence-corrected chi connectivity index (χ1v) is 7.43. The van der Waals surface area contributed by atoms with Gasteiger partial charge in [0.25, 0.3) is 11.6 Å². The maximum atomic E-state index is 12.4. The van der Waals surface area contributed by atoms with Gasteiger partial charge in [-0.05, 0) is 40.9 Å². The van der Waals surface area contributed by atoms with Crippen molar-refractivity contribution in [3.8, 4) is 0 Å². The zero-order valence-corrected chi connectivity index (χ0v) is 13.5. The maximum absolute atomic E-state index is 12.4. The highest BCUT2D eigenvalue weighted by atomic mass is 79.9. The lowest BCUT2D eigenvalue weighted by Gasteiger charge is -2.24. The van der Waals surface area contributed by atoms with Crippen LogP contribution >= 0.6 is 15.9 Å². The molecule has 1 atom stereocenters. The quantitative estimate of drug-likeness (QED) is 0.582. The molecule has 6 heteroatoms. The third-order valence-electron chi connectivity index (χ3n) is 3.29. The molecule has 0 aliphatic carbocycles. The third kappa shape index (κ3) is 4.03. The fraction of sp³-hybridized carbons (Fsp3) is 0.500.